The molecule has 2 aromatic carbocycles. The Kier molecular flexibility index (Phi) is 6.42. The van der Waals surface area contributed by atoms with E-state index in [4.69, 9.17) is 14.6 Å². The standard InChI is InChI=1S/C23H27NO5/c1-23(2,21(25)26)29-20-12-10-17(11-13-20)8-9-18-14-15-24(16-18)22(27)28-19-6-4-3-5-7-19/h3-7,10-13,18H,8-9,14-16H2,1-2H3,(H,25,26). The van der Waals surface area contributed by atoms with Gasteiger partial charge in [-0.05, 0) is 68.9 Å². The van der Waals surface area contributed by atoms with Crippen LogP contribution in [0.4, 0.5) is 4.79 Å². The van der Waals surface area contributed by atoms with Crippen LogP contribution in [0.15, 0.2) is 54.6 Å². The molecule has 0 spiro atoms. The first-order valence-corrected chi connectivity index (χ1v) is 9.86. The number of likely N-dealkylation sites (tertiary alicyclic amines) is 1. The van der Waals surface area contributed by atoms with E-state index in [2.05, 4.69) is 0 Å². The van der Waals surface area contributed by atoms with E-state index in [1.165, 1.54) is 13.8 Å². The number of carboxylic acid groups (broad SMARTS) is 1. The normalized spacial score (nSPS) is 16.5. The topological polar surface area (TPSA) is 76.1 Å². The monoisotopic (exact) mass is 397 g/mol. The van der Waals surface area contributed by atoms with Crippen molar-refractivity contribution in [3.63, 3.8) is 0 Å². The van der Waals surface area contributed by atoms with E-state index in [0.29, 0.717) is 30.5 Å². The number of carbonyl (C=O) groups excluding carboxylic acids is 1. The van der Waals surface area contributed by atoms with E-state index >= 15 is 0 Å². The van der Waals surface area contributed by atoms with E-state index in [1.54, 1.807) is 29.2 Å². The summed E-state index contributed by atoms with van der Waals surface area (Å²) in [5.74, 6) is 0.546. The zero-order valence-corrected chi connectivity index (χ0v) is 16.8. The highest BCUT2D eigenvalue weighted by molar-refractivity contribution is 5.76. The predicted octanol–water partition coefficient (Wildman–Crippen LogP) is 4.38. The van der Waals surface area contributed by atoms with Crippen LogP contribution in [0.3, 0.4) is 0 Å². The molecule has 0 bridgehead atoms. The molecular weight excluding hydrogens is 370 g/mol. The number of aryl methyl sites for hydroxylation is 1. The molecule has 1 heterocycles. The first-order valence-electron chi connectivity index (χ1n) is 9.86. The molecule has 6 heteroatoms. The molecule has 0 aromatic heterocycles. The van der Waals surface area contributed by atoms with Gasteiger partial charge in [0.05, 0.1) is 0 Å². The van der Waals surface area contributed by atoms with Gasteiger partial charge in [-0.25, -0.2) is 9.59 Å². The maximum Gasteiger partial charge on any atom is 0.415 e. The third-order valence-corrected chi connectivity index (χ3v) is 5.15. The van der Waals surface area contributed by atoms with Crippen LogP contribution in [0.2, 0.25) is 0 Å². The summed E-state index contributed by atoms with van der Waals surface area (Å²) in [6, 6.07) is 16.6. The number of carbonyl (C=O) groups is 2. The molecular formula is C23H27NO5. The van der Waals surface area contributed by atoms with E-state index < -0.39 is 11.6 Å². The summed E-state index contributed by atoms with van der Waals surface area (Å²) in [4.78, 5) is 25.2. The van der Waals surface area contributed by atoms with Crippen LogP contribution in [0.1, 0.15) is 32.3 Å². The lowest BCUT2D eigenvalue weighted by Gasteiger charge is -2.21. The number of benzene rings is 2. The molecule has 0 aliphatic carbocycles. The van der Waals surface area contributed by atoms with Crippen LogP contribution in [0.25, 0.3) is 0 Å². The third-order valence-electron chi connectivity index (χ3n) is 5.15. The summed E-state index contributed by atoms with van der Waals surface area (Å²) < 4.78 is 10.9. The molecule has 2 aromatic rings. The minimum atomic E-state index is -1.26. The molecule has 1 amide bonds. The van der Waals surface area contributed by atoms with E-state index in [9.17, 15) is 9.59 Å². The van der Waals surface area contributed by atoms with Crippen LogP contribution in [-0.2, 0) is 11.2 Å². The highest BCUT2D eigenvalue weighted by Gasteiger charge is 2.29. The van der Waals surface area contributed by atoms with Gasteiger partial charge >= 0.3 is 12.1 Å². The molecule has 1 saturated heterocycles. The number of ether oxygens (including phenoxy) is 2. The van der Waals surface area contributed by atoms with Crippen LogP contribution < -0.4 is 9.47 Å². The largest absolute Gasteiger partial charge is 0.478 e. The van der Waals surface area contributed by atoms with Crippen molar-refractivity contribution in [2.75, 3.05) is 13.1 Å². The Hall–Kier alpha value is -3.02. The first-order chi connectivity index (χ1) is 13.8. The molecule has 0 saturated carbocycles. The van der Waals surface area contributed by atoms with E-state index in [0.717, 1.165) is 24.8 Å². The molecule has 1 N–H and O–H groups in total. The summed E-state index contributed by atoms with van der Waals surface area (Å²) in [6.45, 7) is 4.48. The number of para-hydroxylation sites is 1. The number of hydrogen-bond donors (Lipinski definition) is 1. The van der Waals surface area contributed by atoms with Crippen molar-refractivity contribution in [3.05, 3.63) is 60.2 Å². The number of carboxylic acids is 1. The summed E-state index contributed by atoms with van der Waals surface area (Å²) in [6.07, 6.45) is 2.56. The second-order valence-electron chi connectivity index (χ2n) is 7.88. The van der Waals surface area contributed by atoms with Gasteiger partial charge in [0, 0.05) is 13.1 Å². The van der Waals surface area contributed by atoms with E-state index in [-0.39, 0.29) is 6.09 Å². The quantitative estimate of drug-likeness (QED) is 0.750. The summed E-state index contributed by atoms with van der Waals surface area (Å²) in [5.41, 5.74) is -0.0980. The van der Waals surface area contributed by atoms with Crippen molar-refractivity contribution in [3.8, 4) is 11.5 Å². The Morgan fingerprint density at radius 1 is 1.07 bits per heavy atom. The van der Waals surface area contributed by atoms with Gasteiger partial charge in [-0.3, -0.25) is 0 Å². The van der Waals surface area contributed by atoms with Crippen molar-refractivity contribution in [1.82, 2.24) is 4.90 Å². The minimum absolute atomic E-state index is 0.291. The van der Waals surface area contributed by atoms with E-state index in [1.807, 2.05) is 30.3 Å². The van der Waals surface area contributed by atoms with Gasteiger partial charge in [0.15, 0.2) is 5.60 Å². The Morgan fingerprint density at radius 3 is 2.41 bits per heavy atom. The Balaban J connectivity index is 1.45. The average Bonchev–Trinajstić information content (AvgIpc) is 3.17. The maximum absolute atomic E-state index is 12.3. The number of hydrogen-bond acceptors (Lipinski definition) is 4. The smallest absolute Gasteiger partial charge is 0.415 e. The summed E-state index contributed by atoms with van der Waals surface area (Å²) in [5, 5.41) is 9.14. The SMILES string of the molecule is CC(C)(Oc1ccc(CCC2CCN(C(=O)Oc3ccccc3)C2)cc1)C(=O)O. The number of rotatable bonds is 7. The zero-order valence-electron chi connectivity index (χ0n) is 16.8. The zero-order chi connectivity index (χ0) is 20.9. The maximum atomic E-state index is 12.3. The molecule has 154 valence electrons. The number of nitrogens with zero attached hydrogens (tertiary/aromatic N) is 1. The van der Waals surface area contributed by atoms with Crippen LogP contribution in [0, 0.1) is 5.92 Å². The van der Waals surface area contributed by atoms with Crippen molar-refractivity contribution in [1.29, 1.82) is 0 Å². The van der Waals surface area contributed by atoms with Gasteiger partial charge in [-0.2, -0.15) is 0 Å². The number of amides is 1. The van der Waals surface area contributed by atoms with Gasteiger partial charge < -0.3 is 19.5 Å². The highest BCUT2D eigenvalue weighted by Crippen LogP contribution is 2.24. The third kappa shape index (κ3) is 5.73. The summed E-state index contributed by atoms with van der Waals surface area (Å²) in [7, 11) is 0. The Bertz CT molecular complexity index is 832. The molecule has 1 fully saturated rings. The first kappa shape index (κ1) is 20.7. The molecule has 3 rings (SSSR count). The Labute approximate surface area is 171 Å². The molecule has 1 aliphatic heterocycles. The molecule has 29 heavy (non-hydrogen) atoms. The average molecular weight is 397 g/mol. The lowest BCUT2D eigenvalue weighted by atomic mass is 9.99. The van der Waals surface area contributed by atoms with Gasteiger partial charge in [0.25, 0.3) is 0 Å². The lowest BCUT2D eigenvalue weighted by Crippen LogP contribution is -2.37. The lowest BCUT2D eigenvalue weighted by molar-refractivity contribution is -0.152. The fourth-order valence-corrected chi connectivity index (χ4v) is 3.32. The van der Waals surface area contributed by atoms with Crippen LogP contribution >= 0.6 is 0 Å². The van der Waals surface area contributed by atoms with Gasteiger partial charge in [-0.1, -0.05) is 30.3 Å². The fourth-order valence-electron chi connectivity index (χ4n) is 3.32. The second-order valence-corrected chi connectivity index (χ2v) is 7.88. The molecule has 1 aliphatic rings. The summed E-state index contributed by atoms with van der Waals surface area (Å²) >= 11 is 0. The molecule has 0 radical (unpaired) electrons. The van der Waals surface area contributed by atoms with Crippen LogP contribution in [0.5, 0.6) is 11.5 Å². The van der Waals surface area contributed by atoms with Crippen molar-refractivity contribution in [2.24, 2.45) is 5.92 Å². The van der Waals surface area contributed by atoms with Gasteiger partial charge in [0.2, 0.25) is 0 Å². The number of aliphatic carboxylic acids is 1. The molecule has 1 unspecified atom stereocenters. The van der Waals surface area contributed by atoms with Crippen molar-refractivity contribution < 1.29 is 24.2 Å². The highest BCUT2D eigenvalue weighted by atomic mass is 16.6. The fraction of sp³-hybridized carbons (Fsp3) is 0.391. The second kappa shape index (κ2) is 8.99. The van der Waals surface area contributed by atoms with Gasteiger partial charge in [-0.15, -0.1) is 0 Å². The Morgan fingerprint density at radius 2 is 1.76 bits per heavy atom. The van der Waals surface area contributed by atoms with Crippen molar-refractivity contribution >= 4 is 12.1 Å². The predicted molar refractivity (Wildman–Crippen MR) is 109 cm³/mol. The van der Waals surface area contributed by atoms with Crippen LogP contribution in [-0.4, -0.2) is 40.8 Å². The minimum Gasteiger partial charge on any atom is -0.478 e. The van der Waals surface area contributed by atoms with Crippen molar-refractivity contribution in [2.45, 2.75) is 38.7 Å². The van der Waals surface area contributed by atoms with Gasteiger partial charge in [0.1, 0.15) is 11.5 Å². The molecule has 6 nitrogen and oxygen atoms in total. The molecule has 1 atom stereocenters.